The van der Waals surface area contributed by atoms with Gasteiger partial charge in [0.05, 0.1) is 16.8 Å². The monoisotopic (exact) mass is 277 g/mol. The van der Waals surface area contributed by atoms with Crippen LogP contribution in [0.25, 0.3) is 10.9 Å². The fraction of sp³-hybridized carbons (Fsp3) is 0.333. The Balaban J connectivity index is 2.48. The summed E-state index contributed by atoms with van der Waals surface area (Å²) in [6, 6.07) is 7.18. The summed E-state index contributed by atoms with van der Waals surface area (Å²) in [5.41, 5.74) is 1.43. The van der Waals surface area contributed by atoms with E-state index in [2.05, 4.69) is 4.98 Å². The first-order valence-corrected chi connectivity index (χ1v) is 6.44. The quantitative estimate of drug-likeness (QED) is 0.735. The van der Waals surface area contributed by atoms with Gasteiger partial charge >= 0.3 is 5.97 Å². The topological polar surface area (TPSA) is 39.2 Å². The van der Waals surface area contributed by atoms with E-state index in [0.717, 1.165) is 10.9 Å². The molecule has 0 aliphatic heterocycles. The minimum absolute atomic E-state index is 0.362. The maximum absolute atomic E-state index is 12.1. The predicted molar refractivity (Wildman–Crippen MR) is 76.7 cm³/mol. The zero-order chi connectivity index (χ0) is 14.2. The number of hydrogen-bond donors (Lipinski definition) is 0. The summed E-state index contributed by atoms with van der Waals surface area (Å²) in [6.45, 7) is 7.32. The molecule has 0 atom stereocenters. The molecular formula is C15H16ClNO2. The molecule has 4 heteroatoms. The zero-order valence-corrected chi connectivity index (χ0v) is 12.2. The third-order valence-corrected chi connectivity index (χ3v) is 2.82. The Hall–Kier alpha value is -1.61. The Morgan fingerprint density at radius 3 is 2.58 bits per heavy atom. The molecule has 0 amide bonds. The van der Waals surface area contributed by atoms with E-state index in [9.17, 15) is 4.79 Å². The molecule has 1 aromatic carbocycles. The van der Waals surface area contributed by atoms with Crippen LogP contribution in [0.4, 0.5) is 0 Å². The molecule has 0 saturated heterocycles. The van der Waals surface area contributed by atoms with Gasteiger partial charge in [-0.25, -0.2) is 4.79 Å². The van der Waals surface area contributed by atoms with E-state index in [1.807, 2.05) is 26.8 Å². The van der Waals surface area contributed by atoms with E-state index >= 15 is 0 Å². The van der Waals surface area contributed by atoms with Gasteiger partial charge in [-0.2, -0.15) is 0 Å². The Labute approximate surface area is 117 Å². The first kappa shape index (κ1) is 13.8. The average Bonchev–Trinajstić information content (AvgIpc) is 2.26. The highest BCUT2D eigenvalue weighted by Crippen LogP contribution is 2.22. The van der Waals surface area contributed by atoms with E-state index in [1.54, 1.807) is 25.1 Å². The van der Waals surface area contributed by atoms with Gasteiger partial charge < -0.3 is 4.74 Å². The number of nitrogens with zero attached hydrogens (tertiary/aromatic N) is 1. The summed E-state index contributed by atoms with van der Waals surface area (Å²) >= 11 is 5.95. The molecule has 19 heavy (non-hydrogen) atoms. The summed E-state index contributed by atoms with van der Waals surface area (Å²) < 4.78 is 5.37. The number of ether oxygens (including phenoxy) is 1. The molecule has 0 radical (unpaired) electrons. The molecule has 0 aliphatic carbocycles. The lowest BCUT2D eigenvalue weighted by atomic mass is 10.1. The van der Waals surface area contributed by atoms with Crippen LogP contribution in [-0.2, 0) is 4.74 Å². The second kappa shape index (κ2) is 4.82. The van der Waals surface area contributed by atoms with Crippen molar-refractivity contribution in [2.45, 2.75) is 33.3 Å². The van der Waals surface area contributed by atoms with Crippen LogP contribution in [0.15, 0.2) is 24.3 Å². The Morgan fingerprint density at radius 1 is 1.26 bits per heavy atom. The Bertz CT molecular complexity index is 644. The molecule has 0 fully saturated rings. The molecule has 0 bridgehead atoms. The van der Waals surface area contributed by atoms with E-state index in [1.165, 1.54) is 0 Å². The van der Waals surface area contributed by atoms with Crippen LogP contribution in [0.5, 0.6) is 0 Å². The van der Waals surface area contributed by atoms with E-state index in [-0.39, 0.29) is 5.97 Å². The first-order chi connectivity index (χ1) is 8.76. The molecule has 2 aromatic rings. The van der Waals surface area contributed by atoms with Crippen molar-refractivity contribution in [1.29, 1.82) is 0 Å². The molecular weight excluding hydrogens is 262 g/mol. The number of carbonyl (C=O) groups excluding carboxylic acids is 1. The van der Waals surface area contributed by atoms with E-state index in [0.29, 0.717) is 16.3 Å². The third kappa shape index (κ3) is 3.24. The van der Waals surface area contributed by atoms with Gasteiger partial charge in [-0.1, -0.05) is 11.6 Å². The van der Waals surface area contributed by atoms with Gasteiger partial charge in [0.2, 0.25) is 0 Å². The minimum atomic E-state index is -0.521. The van der Waals surface area contributed by atoms with Gasteiger partial charge in [-0.05, 0) is 52.0 Å². The van der Waals surface area contributed by atoms with Crippen molar-refractivity contribution in [2.24, 2.45) is 0 Å². The highest BCUT2D eigenvalue weighted by Gasteiger charge is 2.20. The number of hydrogen-bond acceptors (Lipinski definition) is 3. The summed E-state index contributed by atoms with van der Waals surface area (Å²) in [6.07, 6.45) is 0. The van der Waals surface area contributed by atoms with Crippen molar-refractivity contribution in [2.75, 3.05) is 0 Å². The largest absolute Gasteiger partial charge is 0.456 e. The number of pyridine rings is 1. The molecule has 1 heterocycles. The minimum Gasteiger partial charge on any atom is -0.456 e. The first-order valence-electron chi connectivity index (χ1n) is 6.06. The lowest BCUT2D eigenvalue weighted by Gasteiger charge is -2.20. The van der Waals surface area contributed by atoms with Crippen LogP contribution >= 0.6 is 11.6 Å². The number of aromatic nitrogens is 1. The molecule has 1 aromatic heterocycles. The second-order valence-electron chi connectivity index (χ2n) is 5.46. The lowest BCUT2D eigenvalue weighted by Crippen LogP contribution is -2.24. The highest BCUT2D eigenvalue weighted by molar-refractivity contribution is 6.31. The molecule has 0 unspecified atom stereocenters. The molecule has 3 nitrogen and oxygen atoms in total. The van der Waals surface area contributed by atoms with Crippen molar-refractivity contribution in [3.8, 4) is 0 Å². The maximum Gasteiger partial charge on any atom is 0.340 e. The van der Waals surface area contributed by atoms with Crippen LogP contribution in [0.2, 0.25) is 5.02 Å². The number of fused-ring (bicyclic) bond motifs is 1. The fourth-order valence-electron chi connectivity index (χ4n) is 1.78. The Kier molecular flexibility index (Phi) is 3.50. The SMILES string of the molecule is Cc1nc2ccc(Cl)cc2cc1C(=O)OC(C)(C)C. The van der Waals surface area contributed by atoms with Crippen molar-refractivity contribution < 1.29 is 9.53 Å². The smallest absolute Gasteiger partial charge is 0.340 e. The summed E-state index contributed by atoms with van der Waals surface area (Å²) in [4.78, 5) is 16.5. The van der Waals surface area contributed by atoms with Gasteiger partial charge in [-0.3, -0.25) is 4.98 Å². The second-order valence-corrected chi connectivity index (χ2v) is 5.90. The van der Waals surface area contributed by atoms with Crippen molar-refractivity contribution in [3.05, 3.63) is 40.5 Å². The number of rotatable bonds is 1. The zero-order valence-electron chi connectivity index (χ0n) is 11.5. The number of aryl methyl sites for hydroxylation is 1. The van der Waals surface area contributed by atoms with Crippen LogP contribution in [0, 0.1) is 6.92 Å². The third-order valence-electron chi connectivity index (χ3n) is 2.59. The van der Waals surface area contributed by atoms with Gasteiger partial charge in [-0.15, -0.1) is 0 Å². The van der Waals surface area contributed by atoms with Crippen molar-refractivity contribution >= 4 is 28.5 Å². The van der Waals surface area contributed by atoms with Crippen LogP contribution in [0.3, 0.4) is 0 Å². The normalized spacial score (nSPS) is 11.6. The van der Waals surface area contributed by atoms with Crippen molar-refractivity contribution in [3.63, 3.8) is 0 Å². The summed E-state index contributed by atoms with van der Waals surface area (Å²) in [5.74, 6) is -0.362. The Morgan fingerprint density at radius 2 is 1.95 bits per heavy atom. The van der Waals surface area contributed by atoms with Gasteiger partial charge in [0.25, 0.3) is 0 Å². The van der Waals surface area contributed by atoms with Gasteiger partial charge in [0, 0.05) is 10.4 Å². The van der Waals surface area contributed by atoms with Crippen molar-refractivity contribution in [1.82, 2.24) is 4.98 Å². The van der Waals surface area contributed by atoms with Crippen LogP contribution < -0.4 is 0 Å². The predicted octanol–water partition coefficient (Wildman–Crippen LogP) is 4.15. The number of benzene rings is 1. The highest BCUT2D eigenvalue weighted by atomic mass is 35.5. The average molecular weight is 278 g/mol. The van der Waals surface area contributed by atoms with Gasteiger partial charge in [0.1, 0.15) is 5.60 Å². The lowest BCUT2D eigenvalue weighted by molar-refractivity contribution is 0.00685. The van der Waals surface area contributed by atoms with Gasteiger partial charge in [0.15, 0.2) is 0 Å². The number of halogens is 1. The molecule has 0 spiro atoms. The number of esters is 1. The number of carbonyl (C=O) groups is 1. The summed E-state index contributed by atoms with van der Waals surface area (Å²) in [7, 11) is 0. The molecule has 0 aliphatic rings. The molecule has 2 rings (SSSR count). The standard InChI is InChI=1S/C15H16ClNO2/c1-9-12(14(18)19-15(2,3)4)8-10-7-11(16)5-6-13(10)17-9/h5-8H,1-4H3. The summed E-state index contributed by atoms with van der Waals surface area (Å²) in [5, 5.41) is 1.45. The fourth-order valence-corrected chi connectivity index (χ4v) is 1.96. The van der Waals surface area contributed by atoms with Crippen LogP contribution in [0.1, 0.15) is 36.8 Å². The maximum atomic E-state index is 12.1. The van der Waals surface area contributed by atoms with Crippen LogP contribution in [-0.4, -0.2) is 16.6 Å². The van der Waals surface area contributed by atoms with E-state index in [4.69, 9.17) is 16.3 Å². The molecule has 0 saturated carbocycles. The molecule has 100 valence electrons. The van der Waals surface area contributed by atoms with E-state index < -0.39 is 5.60 Å². The molecule has 0 N–H and O–H groups in total.